The summed E-state index contributed by atoms with van der Waals surface area (Å²) < 4.78 is 11.7. The molecule has 1 aliphatic heterocycles. The zero-order valence-corrected chi connectivity index (χ0v) is 19.1. The first-order valence-corrected chi connectivity index (χ1v) is 9.35. The fourth-order valence-corrected chi connectivity index (χ4v) is 3.96. The Labute approximate surface area is 174 Å². The number of guanidine groups is 1. The smallest absolute Gasteiger partial charge is 0.216 e. The van der Waals surface area contributed by atoms with Crippen molar-refractivity contribution >= 4 is 29.9 Å². The van der Waals surface area contributed by atoms with E-state index < -0.39 is 0 Å². The molecule has 0 amide bonds. The Bertz CT molecular complexity index is 636. The number of aromatic nitrogens is 1. The predicted octanol–water partition coefficient (Wildman–Crippen LogP) is 3.46. The maximum absolute atomic E-state index is 5.88. The molecule has 1 saturated heterocycles. The molecule has 0 bridgehead atoms. The first-order valence-electron chi connectivity index (χ1n) is 9.35. The Morgan fingerprint density at radius 1 is 1.38 bits per heavy atom. The van der Waals surface area contributed by atoms with E-state index in [4.69, 9.17) is 9.15 Å². The van der Waals surface area contributed by atoms with Gasteiger partial charge in [-0.05, 0) is 13.3 Å². The summed E-state index contributed by atoms with van der Waals surface area (Å²) in [5.41, 5.74) is 0.0881. The standard InChI is InChI=1S/C19H32N4O2.HI/c1-7-20-17(22-11-14-21-10-13(25-14)18(2,3)4)23-15-12-8-9-24-16(12)19(15,5)6;/h10,12,15-16H,7-9,11H2,1-6H3,(H2,20,22,23);1H. The lowest BCUT2D eigenvalue weighted by atomic mass is 9.57. The minimum atomic E-state index is -0.0366. The van der Waals surface area contributed by atoms with Gasteiger partial charge in [0.05, 0.1) is 12.3 Å². The van der Waals surface area contributed by atoms with Gasteiger partial charge in [0.25, 0.3) is 0 Å². The topological polar surface area (TPSA) is 71.7 Å². The number of oxazole rings is 1. The number of nitrogens with one attached hydrogen (secondary N) is 2. The van der Waals surface area contributed by atoms with Gasteiger partial charge in [-0.15, -0.1) is 24.0 Å². The van der Waals surface area contributed by atoms with Crippen LogP contribution >= 0.6 is 24.0 Å². The molecule has 2 heterocycles. The van der Waals surface area contributed by atoms with Crippen LogP contribution in [0.2, 0.25) is 0 Å². The number of ether oxygens (including phenoxy) is 1. The highest BCUT2D eigenvalue weighted by Crippen LogP contribution is 2.52. The van der Waals surface area contributed by atoms with Gasteiger partial charge in [0.1, 0.15) is 12.3 Å². The van der Waals surface area contributed by atoms with Crippen LogP contribution in [0.15, 0.2) is 15.6 Å². The molecule has 1 saturated carbocycles. The minimum Gasteiger partial charge on any atom is -0.443 e. The molecule has 0 radical (unpaired) electrons. The SMILES string of the molecule is CCNC(=NCc1ncc(C(C)(C)C)o1)NC1C2CCOC2C1(C)C.I. The van der Waals surface area contributed by atoms with Crippen LogP contribution in [0.3, 0.4) is 0 Å². The second-order valence-electron chi connectivity index (χ2n) is 8.75. The molecule has 3 rings (SSSR count). The molecule has 3 unspecified atom stereocenters. The number of hydrogen-bond acceptors (Lipinski definition) is 4. The van der Waals surface area contributed by atoms with Crippen LogP contribution in [0, 0.1) is 11.3 Å². The van der Waals surface area contributed by atoms with E-state index in [0.717, 1.165) is 31.3 Å². The summed E-state index contributed by atoms with van der Waals surface area (Å²) in [6.45, 7) is 15.1. The molecular formula is C19H33IN4O2. The van der Waals surface area contributed by atoms with E-state index in [2.05, 4.69) is 62.2 Å². The van der Waals surface area contributed by atoms with Crippen molar-refractivity contribution in [3.05, 3.63) is 17.8 Å². The minimum absolute atomic E-state index is 0. The van der Waals surface area contributed by atoms with Gasteiger partial charge in [-0.1, -0.05) is 34.6 Å². The second kappa shape index (κ2) is 8.04. The second-order valence-corrected chi connectivity index (χ2v) is 8.75. The van der Waals surface area contributed by atoms with Crippen LogP contribution in [0.1, 0.15) is 59.6 Å². The van der Waals surface area contributed by atoms with Crippen LogP contribution in [-0.2, 0) is 16.7 Å². The maximum Gasteiger partial charge on any atom is 0.216 e. The number of halogens is 1. The van der Waals surface area contributed by atoms with Gasteiger partial charge in [0.15, 0.2) is 5.96 Å². The molecule has 2 fully saturated rings. The zero-order chi connectivity index (χ0) is 18.2. The van der Waals surface area contributed by atoms with E-state index in [1.54, 1.807) is 6.20 Å². The molecule has 1 aliphatic carbocycles. The van der Waals surface area contributed by atoms with Crippen molar-refractivity contribution in [3.8, 4) is 0 Å². The molecule has 2 N–H and O–H groups in total. The largest absolute Gasteiger partial charge is 0.443 e. The van der Waals surface area contributed by atoms with Gasteiger partial charge in [-0.2, -0.15) is 0 Å². The Balaban J connectivity index is 0.00000243. The highest BCUT2D eigenvalue weighted by atomic mass is 127. The third-order valence-electron chi connectivity index (χ3n) is 5.40. The highest BCUT2D eigenvalue weighted by molar-refractivity contribution is 14.0. The highest BCUT2D eigenvalue weighted by Gasteiger charge is 2.59. The number of nitrogens with zero attached hydrogens (tertiary/aromatic N) is 2. The lowest BCUT2D eigenvalue weighted by Crippen LogP contribution is -2.67. The molecular weight excluding hydrogens is 443 g/mol. The lowest BCUT2D eigenvalue weighted by molar-refractivity contribution is -0.106. The molecule has 7 heteroatoms. The van der Waals surface area contributed by atoms with Gasteiger partial charge in [0, 0.05) is 35.9 Å². The van der Waals surface area contributed by atoms with E-state index in [1.807, 2.05) is 0 Å². The number of rotatable bonds is 4. The molecule has 0 spiro atoms. The van der Waals surface area contributed by atoms with Crippen LogP contribution in [0.25, 0.3) is 0 Å². The van der Waals surface area contributed by atoms with Crippen molar-refractivity contribution in [2.75, 3.05) is 13.2 Å². The molecule has 3 atom stereocenters. The van der Waals surface area contributed by atoms with Gasteiger partial charge in [-0.25, -0.2) is 9.98 Å². The van der Waals surface area contributed by atoms with Crippen molar-refractivity contribution in [3.63, 3.8) is 0 Å². The summed E-state index contributed by atoms with van der Waals surface area (Å²) in [5.74, 6) is 2.94. The summed E-state index contributed by atoms with van der Waals surface area (Å²) in [4.78, 5) is 9.04. The average molecular weight is 476 g/mol. The van der Waals surface area contributed by atoms with Crippen LogP contribution in [-0.4, -0.2) is 36.2 Å². The van der Waals surface area contributed by atoms with Crippen molar-refractivity contribution in [2.24, 2.45) is 16.3 Å². The van der Waals surface area contributed by atoms with E-state index >= 15 is 0 Å². The van der Waals surface area contributed by atoms with Gasteiger partial charge in [-0.3, -0.25) is 0 Å². The summed E-state index contributed by atoms with van der Waals surface area (Å²) in [6.07, 6.45) is 3.30. The molecule has 148 valence electrons. The van der Waals surface area contributed by atoms with Gasteiger partial charge >= 0.3 is 0 Å². The van der Waals surface area contributed by atoms with E-state index in [9.17, 15) is 0 Å². The zero-order valence-electron chi connectivity index (χ0n) is 16.8. The van der Waals surface area contributed by atoms with Crippen LogP contribution in [0.5, 0.6) is 0 Å². The van der Waals surface area contributed by atoms with Crippen molar-refractivity contribution in [1.82, 2.24) is 15.6 Å². The monoisotopic (exact) mass is 476 g/mol. The predicted molar refractivity (Wildman–Crippen MR) is 114 cm³/mol. The van der Waals surface area contributed by atoms with E-state index in [1.165, 1.54) is 0 Å². The van der Waals surface area contributed by atoms with Crippen LogP contribution < -0.4 is 10.6 Å². The number of aliphatic imine (C=N–C) groups is 1. The third-order valence-corrected chi connectivity index (χ3v) is 5.40. The number of fused-ring (bicyclic) bond motifs is 1. The van der Waals surface area contributed by atoms with Crippen molar-refractivity contribution in [1.29, 1.82) is 0 Å². The van der Waals surface area contributed by atoms with E-state index in [-0.39, 0.29) is 34.8 Å². The molecule has 1 aromatic rings. The maximum atomic E-state index is 5.88. The van der Waals surface area contributed by atoms with E-state index in [0.29, 0.717) is 30.5 Å². The molecule has 2 aliphatic rings. The Morgan fingerprint density at radius 2 is 2.12 bits per heavy atom. The summed E-state index contributed by atoms with van der Waals surface area (Å²) in [6, 6.07) is 0.382. The number of hydrogen-bond donors (Lipinski definition) is 2. The normalized spacial score (nSPS) is 27.3. The quantitative estimate of drug-likeness (QED) is 0.396. The third kappa shape index (κ3) is 4.18. The Kier molecular flexibility index (Phi) is 6.64. The Morgan fingerprint density at radius 3 is 2.73 bits per heavy atom. The van der Waals surface area contributed by atoms with Gasteiger partial charge < -0.3 is 19.8 Å². The molecule has 6 nitrogen and oxygen atoms in total. The first-order chi connectivity index (χ1) is 11.7. The summed E-state index contributed by atoms with van der Waals surface area (Å²) >= 11 is 0. The fraction of sp³-hybridized carbons (Fsp3) is 0.789. The molecule has 1 aromatic heterocycles. The first kappa shape index (κ1) is 21.5. The van der Waals surface area contributed by atoms with Crippen molar-refractivity contribution < 1.29 is 9.15 Å². The summed E-state index contributed by atoms with van der Waals surface area (Å²) in [5, 5.41) is 6.95. The lowest BCUT2D eigenvalue weighted by Gasteiger charge is -2.54. The molecule has 0 aromatic carbocycles. The van der Waals surface area contributed by atoms with Crippen molar-refractivity contribution in [2.45, 2.75) is 72.1 Å². The van der Waals surface area contributed by atoms with Crippen LogP contribution in [0.4, 0.5) is 0 Å². The Hall–Kier alpha value is -0.830. The van der Waals surface area contributed by atoms with Gasteiger partial charge in [0.2, 0.25) is 5.89 Å². The average Bonchev–Trinajstić information content (AvgIpc) is 3.17. The molecule has 26 heavy (non-hydrogen) atoms. The fourth-order valence-electron chi connectivity index (χ4n) is 3.96. The summed E-state index contributed by atoms with van der Waals surface area (Å²) in [7, 11) is 0.